The summed E-state index contributed by atoms with van der Waals surface area (Å²) >= 11 is 0. The molecule has 116 valence electrons. The minimum atomic E-state index is 0.431. The zero-order valence-electron chi connectivity index (χ0n) is 13.3. The van der Waals surface area contributed by atoms with Gasteiger partial charge < -0.3 is 0 Å². The molecule has 0 fully saturated rings. The molecule has 1 aromatic rings. The van der Waals surface area contributed by atoms with Crippen molar-refractivity contribution in [2.45, 2.75) is 77.2 Å². The topological polar surface area (TPSA) is 55.9 Å². The highest BCUT2D eigenvalue weighted by molar-refractivity contribution is 5.00. The predicted molar refractivity (Wildman–Crippen MR) is 85.3 cm³/mol. The van der Waals surface area contributed by atoms with Gasteiger partial charge in [0.2, 0.25) is 0 Å². The van der Waals surface area contributed by atoms with Crippen LogP contribution in [-0.4, -0.2) is 15.8 Å². The molecular weight excluding hydrogens is 248 g/mol. The van der Waals surface area contributed by atoms with Gasteiger partial charge in [-0.1, -0.05) is 51.9 Å². The molecule has 0 aromatic carbocycles. The summed E-state index contributed by atoms with van der Waals surface area (Å²) in [6.45, 7) is 2.26. The van der Waals surface area contributed by atoms with Crippen molar-refractivity contribution in [3.05, 3.63) is 18.0 Å². The molecule has 0 bridgehead atoms. The standard InChI is InChI=1S/C16H32N4/c1-3-4-5-6-7-8-9-10-15(19-17)11-12-16-13-14-18-20(16)2/h13-15,19H,3-12,17H2,1-2H3. The van der Waals surface area contributed by atoms with Crippen LogP contribution in [0.25, 0.3) is 0 Å². The molecule has 1 rings (SSSR count). The highest BCUT2D eigenvalue weighted by atomic mass is 15.3. The number of hydrogen-bond donors (Lipinski definition) is 2. The molecule has 1 unspecified atom stereocenters. The van der Waals surface area contributed by atoms with Crippen LogP contribution in [0.5, 0.6) is 0 Å². The SMILES string of the molecule is CCCCCCCCCC(CCc1ccnn1C)NN. The van der Waals surface area contributed by atoms with Gasteiger partial charge in [-0.05, 0) is 25.3 Å². The molecule has 1 aromatic heterocycles. The Kier molecular flexibility index (Phi) is 9.33. The monoisotopic (exact) mass is 280 g/mol. The number of hydrazine groups is 1. The fraction of sp³-hybridized carbons (Fsp3) is 0.812. The number of nitrogens with zero attached hydrogens (tertiary/aromatic N) is 2. The molecule has 20 heavy (non-hydrogen) atoms. The average Bonchev–Trinajstić information content (AvgIpc) is 2.86. The van der Waals surface area contributed by atoms with E-state index in [1.54, 1.807) is 0 Å². The highest BCUT2D eigenvalue weighted by Crippen LogP contribution is 2.12. The normalized spacial score (nSPS) is 12.8. The Labute approximate surface area is 124 Å². The number of aromatic nitrogens is 2. The number of rotatable bonds is 12. The summed E-state index contributed by atoms with van der Waals surface area (Å²) in [5.41, 5.74) is 4.25. The van der Waals surface area contributed by atoms with Gasteiger partial charge in [-0.25, -0.2) is 0 Å². The molecule has 1 atom stereocenters. The summed E-state index contributed by atoms with van der Waals surface area (Å²) < 4.78 is 1.95. The maximum absolute atomic E-state index is 5.66. The average molecular weight is 280 g/mol. The van der Waals surface area contributed by atoms with Crippen LogP contribution in [0.15, 0.2) is 12.3 Å². The summed E-state index contributed by atoms with van der Waals surface area (Å²) in [6.07, 6.45) is 14.7. The maximum atomic E-state index is 5.66. The van der Waals surface area contributed by atoms with E-state index in [4.69, 9.17) is 5.84 Å². The molecule has 0 aliphatic rings. The Bertz CT molecular complexity index is 335. The number of unbranched alkanes of at least 4 members (excludes halogenated alkanes) is 6. The lowest BCUT2D eigenvalue weighted by molar-refractivity contribution is 0.434. The van der Waals surface area contributed by atoms with Crippen molar-refractivity contribution in [2.24, 2.45) is 12.9 Å². The molecule has 4 nitrogen and oxygen atoms in total. The summed E-state index contributed by atoms with van der Waals surface area (Å²) in [5.74, 6) is 5.66. The Hall–Kier alpha value is -0.870. The van der Waals surface area contributed by atoms with Gasteiger partial charge in [0, 0.05) is 25.0 Å². The van der Waals surface area contributed by atoms with Crippen molar-refractivity contribution >= 4 is 0 Å². The molecule has 0 saturated carbocycles. The Morgan fingerprint density at radius 1 is 1.15 bits per heavy atom. The molecule has 0 saturated heterocycles. The van der Waals surface area contributed by atoms with Crippen molar-refractivity contribution in [3.8, 4) is 0 Å². The van der Waals surface area contributed by atoms with E-state index >= 15 is 0 Å². The van der Waals surface area contributed by atoms with Crippen LogP contribution >= 0.6 is 0 Å². The van der Waals surface area contributed by atoms with E-state index in [9.17, 15) is 0 Å². The van der Waals surface area contributed by atoms with Crippen LogP contribution in [0, 0.1) is 0 Å². The van der Waals surface area contributed by atoms with Crippen molar-refractivity contribution in [1.29, 1.82) is 0 Å². The maximum Gasteiger partial charge on any atom is 0.0492 e. The van der Waals surface area contributed by atoms with Crippen molar-refractivity contribution < 1.29 is 0 Å². The quantitative estimate of drug-likeness (QED) is 0.351. The fourth-order valence-corrected chi connectivity index (χ4v) is 2.63. The van der Waals surface area contributed by atoms with Crippen LogP contribution in [0.4, 0.5) is 0 Å². The van der Waals surface area contributed by atoms with E-state index < -0.39 is 0 Å². The van der Waals surface area contributed by atoms with E-state index in [0.717, 1.165) is 12.8 Å². The molecule has 0 aliphatic carbocycles. The van der Waals surface area contributed by atoms with Crippen LogP contribution in [0.2, 0.25) is 0 Å². The Balaban J connectivity index is 2.06. The minimum Gasteiger partial charge on any atom is -0.273 e. The lowest BCUT2D eigenvalue weighted by Crippen LogP contribution is -2.35. The molecule has 0 spiro atoms. The van der Waals surface area contributed by atoms with Gasteiger partial charge in [0.15, 0.2) is 0 Å². The van der Waals surface area contributed by atoms with Gasteiger partial charge in [0.05, 0.1) is 0 Å². The summed E-state index contributed by atoms with van der Waals surface area (Å²) in [6, 6.07) is 2.52. The number of nitrogens with one attached hydrogen (secondary N) is 1. The second kappa shape index (κ2) is 10.9. The van der Waals surface area contributed by atoms with E-state index in [-0.39, 0.29) is 0 Å². The molecular formula is C16H32N4. The summed E-state index contributed by atoms with van der Waals surface area (Å²) in [4.78, 5) is 0. The van der Waals surface area contributed by atoms with Gasteiger partial charge >= 0.3 is 0 Å². The van der Waals surface area contributed by atoms with E-state index in [0.29, 0.717) is 6.04 Å². The highest BCUT2D eigenvalue weighted by Gasteiger charge is 2.08. The van der Waals surface area contributed by atoms with Gasteiger partial charge in [-0.15, -0.1) is 0 Å². The summed E-state index contributed by atoms with van der Waals surface area (Å²) in [7, 11) is 2.00. The third kappa shape index (κ3) is 7.06. The zero-order valence-corrected chi connectivity index (χ0v) is 13.3. The first-order chi connectivity index (χ1) is 9.77. The largest absolute Gasteiger partial charge is 0.273 e. The molecule has 4 heteroatoms. The van der Waals surface area contributed by atoms with E-state index in [2.05, 4.69) is 23.5 Å². The zero-order chi connectivity index (χ0) is 14.6. The fourth-order valence-electron chi connectivity index (χ4n) is 2.63. The van der Waals surface area contributed by atoms with Gasteiger partial charge in [-0.2, -0.15) is 5.10 Å². The number of nitrogens with two attached hydrogens (primary N) is 1. The number of hydrogen-bond acceptors (Lipinski definition) is 3. The first kappa shape index (κ1) is 17.2. The van der Waals surface area contributed by atoms with Crippen molar-refractivity contribution in [1.82, 2.24) is 15.2 Å². The first-order valence-corrected chi connectivity index (χ1v) is 8.21. The van der Waals surface area contributed by atoms with Gasteiger partial charge in [0.1, 0.15) is 0 Å². The number of aryl methyl sites for hydroxylation is 2. The van der Waals surface area contributed by atoms with Crippen LogP contribution in [0.3, 0.4) is 0 Å². The smallest absolute Gasteiger partial charge is 0.0492 e. The van der Waals surface area contributed by atoms with E-state index in [1.165, 1.54) is 57.1 Å². The molecule has 1 heterocycles. The first-order valence-electron chi connectivity index (χ1n) is 8.21. The third-order valence-electron chi connectivity index (χ3n) is 4.06. The van der Waals surface area contributed by atoms with Gasteiger partial charge in [0.25, 0.3) is 0 Å². The van der Waals surface area contributed by atoms with E-state index in [1.807, 2.05) is 17.9 Å². The molecule has 0 aliphatic heterocycles. The minimum absolute atomic E-state index is 0.431. The predicted octanol–water partition coefficient (Wildman–Crippen LogP) is 3.33. The van der Waals surface area contributed by atoms with Crippen LogP contribution in [0.1, 0.15) is 70.4 Å². The molecule has 0 amide bonds. The Morgan fingerprint density at radius 3 is 2.45 bits per heavy atom. The van der Waals surface area contributed by atoms with Crippen molar-refractivity contribution in [3.63, 3.8) is 0 Å². The summed E-state index contributed by atoms with van der Waals surface area (Å²) in [5, 5.41) is 4.20. The molecule has 3 N–H and O–H groups in total. The Morgan fingerprint density at radius 2 is 1.85 bits per heavy atom. The van der Waals surface area contributed by atoms with Crippen LogP contribution in [-0.2, 0) is 13.5 Å². The molecule has 0 radical (unpaired) electrons. The van der Waals surface area contributed by atoms with Gasteiger partial charge in [-0.3, -0.25) is 16.0 Å². The lowest BCUT2D eigenvalue weighted by Gasteiger charge is -2.15. The van der Waals surface area contributed by atoms with Crippen molar-refractivity contribution in [2.75, 3.05) is 0 Å². The third-order valence-corrected chi connectivity index (χ3v) is 4.06. The lowest BCUT2D eigenvalue weighted by atomic mass is 10.0. The second-order valence-electron chi connectivity index (χ2n) is 5.76. The van der Waals surface area contributed by atoms with Crippen LogP contribution < -0.4 is 11.3 Å². The second-order valence-corrected chi connectivity index (χ2v) is 5.76.